The van der Waals surface area contributed by atoms with Crippen LogP contribution in [-0.4, -0.2) is 35.6 Å². The van der Waals surface area contributed by atoms with Crippen LogP contribution in [0.15, 0.2) is 24.3 Å². The van der Waals surface area contributed by atoms with E-state index in [4.69, 9.17) is 9.47 Å². The van der Waals surface area contributed by atoms with Crippen molar-refractivity contribution in [3.8, 4) is 11.5 Å². The molecule has 0 radical (unpaired) electrons. The van der Waals surface area contributed by atoms with Gasteiger partial charge in [0.2, 0.25) is 0 Å². The molecule has 19 heavy (non-hydrogen) atoms. The number of phenols is 1. The van der Waals surface area contributed by atoms with Gasteiger partial charge in [-0.05, 0) is 25.5 Å². The Labute approximate surface area is 115 Å². The molecule has 0 saturated carbocycles. The summed E-state index contributed by atoms with van der Waals surface area (Å²) in [5.74, 6) is 0.689. The van der Waals surface area contributed by atoms with Crippen molar-refractivity contribution in [2.75, 3.05) is 13.2 Å². The molecule has 4 heteroatoms. The first kappa shape index (κ1) is 15.8. The summed E-state index contributed by atoms with van der Waals surface area (Å²) in [5.41, 5.74) is 0. The van der Waals surface area contributed by atoms with E-state index in [-0.39, 0.29) is 25.1 Å². The van der Waals surface area contributed by atoms with Gasteiger partial charge in [0.25, 0.3) is 0 Å². The summed E-state index contributed by atoms with van der Waals surface area (Å²) in [6, 6.07) is 6.51. The number of aromatic hydroxyl groups is 1. The minimum atomic E-state index is -0.661. The summed E-state index contributed by atoms with van der Waals surface area (Å²) in [5, 5.41) is 19.0. The number of aliphatic hydroxyl groups is 1. The van der Waals surface area contributed by atoms with E-state index in [9.17, 15) is 10.2 Å². The summed E-state index contributed by atoms with van der Waals surface area (Å²) in [4.78, 5) is 0. The maximum atomic E-state index is 9.74. The average molecular weight is 268 g/mol. The molecule has 0 aromatic heterocycles. The van der Waals surface area contributed by atoms with Crippen LogP contribution in [0.25, 0.3) is 0 Å². The van der Waals surface area contributed by atoms with Crippen LogP contribution >= 0.6 is 0 Å². The summed E-state index contributed by atoms with van der Waals surface area (Å²) < 4.78 is 10.9. The monoisotopic (exact) mass is 268 g/mol. The van der Waals surface area contributed by atoms with Crippen molar-refractivity contribution in [2.24, 2.45) is 0 Å². The van der Waals surface area contributed by atoms with Gasteiger partial charge in [0.05, 0.1) is 12.7 Å². The van der Waals surface area contributed by atoms with Gasteiger partial charge in [0.1, 0.15) is 24.2 Å². The minimum absolute atomic E-state index is 0.149. The van der Waals surface area contributed by atoms with Crippen molar-refractivity contribution in [1.29, 1.82) is 0 Å². The molecule has 1 aromatic carbocycles. The van der Waals surface area contributed by atoms with Crippen LogP contribution in [0.4, 0.5) is 0 Å². The number of hydrogen-bond donors (Lipinski definition) is 2. The van der Waals surface area contributed by atoms with Crippen molar-refractivity contribution in [1.82, 2.24) is 0 Å². The molecule has 2 unspecified atom stereocenters. The third-order valence-corrected chi connectivity index (χ3v) is 2.80. The summed E-state index contributed by atoms with van der Waals surface area (Å²) in [7, 11) is 0. The van der Waals surface area contributed by atoms with E-state index in [1.807, 2.05) is 6.92 Å². The molecule has 0 heterocycles. The number of ether oxygens (including phenoxy) is 2. The largest absolute Gasteiger partial charge is 0.508 e. The average Bonchev–Trinajstić information content (AvgIpc) is 2.40. The van der Waals surface area contributed by atoms with E-state index in [1.54, 1.807) is 18.2 Å². The normalized spacial score (nSPS) is 14.1. The molecule has 1 rings (SSSR count). The lowest BCUT2D eigenvalue weighted by molar-refractivity contribution is -0.0213. The maximum absolute atomic E-state index is 9.74. The van der Waals surface area contributed by atoms with Gasteiger partial charge in [-0.3, -0.25) is 0 Å². The first-order chi connectivity index (χ1) is 9.11. The van der Waals surface area contributed by atoms with Crippen LogP contribution in [0.1, 0.15) is 33.1 Å². The van der Waals surface area contributed by atoms with Gasteiger partial charge in [-0.15, -0.1) is 0 Å². The van der Waals surface area contributed by atoms with Crippen molar-refractivity contribution >= 4 is 0 Å². The number of rotatable bonds is 9. The van der Waals surface area contributed by atoms with Crippen molar-refractivity contribution in [2.45, 2.75) is 45.3 Å². The van der Waals surface area contributed by atoms with Gasteiger partial charge in [0.15, 0.2) is 0 Å². The van der Waals surface area contributed by atoms with Crippen molar-refractivity contribution in [3.63, 3.8) is 0 Å². The Bertz CT molecular complexity index is 354. The zero-order chi connectivity index (χ0) is 14.1. The number of aliphatic hydroxyl groups excluding tert-OH is 1. The first-order valence-electron chi connectivity index (χ1n) is 6.83. The number of phenolic OH excluding ortho intramolecular Hbond substituents is 1. The Morgan fingerprint density at radius 1 is 1.26 bits per heavy atom. The van der Waals surface area contributed by atoms with E-state index in [0.717, 1.165) is 19.3 Å². The van der Waals surface area contributed by atoms with Crippen LogP contribution in [0, 0.1) is 0 Å². The predicted octanol–water partition coefficient (Wildman–Crippen LogP) is 2.73. The molecule has 2 atom stereocenters. The standard InChI is InChI=1S/C15H24O4/c1-3-4-6-12(2)18-10-14(17)11-19-15-8-5-7-13(16)9-15/h5,7-9,12,14,16-17H,3-4,6,10-11H2,1-2H3. The van der Waals surface area contributed by atoms with Crippen LogP contribution in [0.5, 0.6) is 11.5 Å². The quantitative estimate of drug-likeness (QED) is 0.723. The fourth-order valence-electron chi connectivity index (χ4n) is 1.66. The molecular formula is C15H24O4. The summed E-state index contributed by atoms with van der Waals surface area (Å²) >= 11 is 0. The molecule has 0 amide bonds. The molecule has 0 bridgehead atoms. The third kappa shape index (κ3) is 7.03. The summed E-state index contributed by atoms with van der Waals surface area (Å²) in [6.07, 6.45) is 2.80. The zero-order valence-electron chi connectivity index (χ0n) is 11.7. The van der Waals surface area contributed by atoms with Crippen molar-refractivity contribution < 1.29 is 19.7 Å². The highest BCUT2D eigenvalue weighted by Crippen LogP contribution is 2.17. The highest BCUT2D eigenvalue weighted by Gasteiger charge is 2.09. The van der Waals surface area contributed by atoms with Gasteiger partial charge in [-0.2, -0.15) is 0 Å². The number of benzene rings is 1. The number of unbranched alkanes of at least 4 members (excludes halogenated alkanes) is 1. The molecule has 4 nitrogen and oxygen atoms in total. The Morgan fingerprint density at radius 2 is 2.05 bits per heavy atom. The minimum Gasteiger partial charge on any atom is -0.508 e. The molecule has 0 spiro atoms. The Balaban J connectivity index is 2.19. The highest BCUT2D eigenvalue weighted by atomic mass is 16.5. The molecule has 0 aliphatic rings. The topological polar surface area (TPSA) is 58.9 Å². The second-order valence-corrected chi connectivity index (χ2v) is 4.75. The second kappa shape index (κ2) is 8.77. The molecule has 1 aromatic rings. The van der Waals surface area contributed by atoms with Crippen molar-refractivity contribution in [3.05, 3.63) is 24.3 Å². The Kier molecular flexibility index (Phi) is 7.30. The van der Waals surface area contributed by atoms with Crippen LogP contribution in [0.2, 0.25) is 0 Å². The van der Waals surface area contributed by atoms with Crippen LogP contribution in [0.3, 0.4) is 0 Å². The molecule has 0 fully saturated rings. The lowest BCUT2D eigenvalue weighted by atomic mass is 10.2. The lowest BCUT2D eigenvalue weighted by Crippen LogP contribution is -2.26. The fraction of sp³-hybridized carbons (Fsp3) is 0.600. The van der Waals surface area contributed by atoms with E-state index < -0.39 is 6.10 Å². The van der Waals surface area contributed by atoms with Crippen LogP contribution < -0.4 is 4.74 Å². The molecule has 0 aliphatic heterocycles. The number of hydrogen-bond acceptors (Lipinski definition) is 4. The van der Waals surface area contributed by atoms with E-state index in [2.05, 4.69) is 6.92 Å². The van der Waals surface area contributed by atoms with Crippen LogP contribution in [-0.2, 0) is 4.74 Å². The van der Waals surface area contributed by atoms with Gasteiger partial charge < -0.3 is 19.7 Å². The van der Waals surface area contributed by atoms with E-state index >= 15 is 0 Å². The third-order valence-electron chi connectivity index (χ3n) is 2.80. The zero-order valence-corrected chi connectivity index (χ0v) is 11.7. The SMILES string of the molecule is CCCCC(C)OCC(O)COc1cccc(O)c1. The van der Waals surface area contributed by atoms with E-state index in [1.165, 1.54) is 6.07 Å². The van der Waals surface area contributed by atoms with Gasteiger partial charge in [-0.1, -0.05) is 25.8 Å². The summed E-state index contributed by atoms with van der Waals surface area (Å²) in [6.45, 7) is 4.58. The Morgan fingerprint density at radius 3 is 2.74 bits per heavy atom. The smallest absolute Gasteiger partial charge is 0.123 e. The molecule has 0 saturated heterocycles. The lowest BCUT2D eigenvalue weighted by Gasteiger charge is -2.16. The first-order valence-corrected chi connectivity index (χ1v) is 6.83. The molecule has 2 N–H and O–H groups in total. The second-order valence-electron chi connectivity index (χ2n) is 4.75. The van der Waals surface area contributed by atoms with Gasteiger partial charge in [0, 0.05) is 6.07 Å². The molecule has 108 valence electrons. The Hall–Kier alpha value is -1.26. The van der Waals surface area contributed by atoms with E-state index in [0.29, 0.717) is 5.75 Å². The van der Waals surface area contributed by atoms with Gasteiger partial charge >= 0.3 is 0 Å². The highest BCUT2D eigenvalue weighted by molar-refractivity contribution is 5.31. The molecular weight excluding hydrogens is 244 g/mol. The maximum Gasteiger partial charge on any atom is 0.123 e. The molecule has 0 aliphatic carbocycles. The fourth-order valence-corrected chi connectivity index (χ4v) is 1.66. The predicted molar refractivity (Wildman–Crippen MR) is 74.5 cm³/mol. The van der Waals surface area contributed by atoms with Gasteiger partial charge in [-0.25, -0.2) is 0 Å².